The number of piperidine rings is 1. The molecule has 2 fully saturated rings. The molecule has 88 valence electrons. The third-order valence-corrected chi connectivity index (χ3v) is 4.38. The molecule has 1 saturated heterocycles. The van der Waals surface area contributed by atoms with Crippen molar-refractivity contribution < 1.29 is 0 Å². The summed E-state index contributed by atoms with van der Waals surface area (Å²) in [6, 6.07) is 1.62. The SMILES string of the molecule is CN(C)C1CCN(C2CCC2CN)CC1. The molecular formula is C12H25N3. The summed E-state index contributed by atoms with van der Waals surface area (Å²) in [4.78, 5) is 5.06. The molecule has 15 heavy (non-hydrogen) atoms. The molecule has 2 aliphatic rings. The van der Waals surface area contributed by atoms with Crippen LogP contribution in [0.15, 0.2) is 0 Å². The lowest BCUT2D eigenvalue weighted by Gasteiger charge is -2.47. The van der Waals surface area contributed by atoms with Crippen LogP contribution in [-0.2, 0) is 0 Å². The van der Waals surface area contributed by atoms with Crippen molar-refractivity contribution in [3.05, 3.63) is 0 Å². The zero-order chi connectivity index (χ0) is 10.8. The van der Waals surface area contributed by atoms with Gasteiger partial charge in [0.15, 0.2) is 0 Å². The maximum absolute atomic E-state index is 5.77. The molecule has 0 aromatic carbocycles. The molecule has 0 aromatic rings. The van der Waals surface area contributed by atoms with Gasteiger partial charge in [0.25, 0.3) is 0 Å². The lowest BCUT2D eigenvalue weighted by molar-refractivity contribution is 0.0312. The quantitative estimate of drug-likeness (QED) is 0.748. The molecule has 1 saturated carbocycles. The minimum Gasteiger partial charge on any atom is -0.330 e. The van der Waals surface area contributed by atoms with Gasteiger partial charge >= 0.3 is 0 Å². The van der Waals surface area contributed by atoms with Gasteiger partial charge in [-0.05, 0) is 65.3 Å². The summed E-state index contributed by atoms with van der Waals surface area (Å²) in [5.74, 6) is 0.793. The third-order valence-electron chi connectivity index (χ3n) is 4.38. The number of hydrogen-bond donors (Lipinski definition) is 1. The molecule has 3 heteroatoms. The topological polar surface area (TPSA) is 32.5 Å². The normalized spacial score (nSPS) is 34.4. The van der Waals surface area contributed by atoms with Gasteiger partial charge in [-0.25, -0.2) is 0 Å². The largest absolute Gasteiger partial charge is 0.330 e. The number of nitrogens with two attached hydrogens (primary N) is 1. The van der Waals surface area contributed by atoms with Gasteiger partial charge in [-0.3, -0.25) is 4.90 Å². The van der Waals surface area contributed by atoms with E-state index in [1.54, 1.807) is 0 Å². The second-order valence-electron chi connectivity index (χ2n) is 5.37. The lowest BCUT2D eigenvalue weighted by Crippen LogP contribution is -2.54. The summed E-state index contributed by atoms with van der Waals surface area (Å²) in [7, 11) is 4.40. The molecule has 1 heterocycles. The predicted octanol–water partition coefficient (Wildman–Crippen LogP) is 0.750. The van der Waals surface area contributed by atoms with Crippen LogP contribution in [0.4, 0.5) is 0 Å². The first-order valence-electron chi connectivity index (χ1n) is 6.33. The highest BCUT2D eigenvalue weighted by Gasteiger charge is 2.36. The van der Waals surface area contributed by atoms with Crippen molar-refractivity contribution in [2.75, 3.05) is 33.7 Å². The zero-order valence-electron chi connectivity index (χ0n) is 10.2. The Kier molecular flexibility index (Phi) is 3.65. The Bertz CT molecular complexity index is 195. The molecular weight excluding hydrogens is 186 g/mol. The summed E-state index contributed by atoms with van der Waals surface area (Å²) >= 11 is 0. The number of rotatable bonds is 3. The van der Waals surface area contributed by atoms with Crippen molar-refractivity contribution in [2.45, 2.75) is 37.8 Å². The summed E-state index contributed by atoms with van der Waals surface area (Å²) in [6.07, 6.45) is 5.41. The Labute approximate surface area is 93.6 Å². The molecule has 2 unspecified atom stereocenters. The first-order valence-corrected chi connectivity index (χ1v) is 6.33. The average molecular weight is 211 g/mol. The number of hydrogen-bond acceptors (Lipinski definition) is 3. The molecule has 0 radical (unpaired) electrons. The van der Waals surface area contributed by atoms with Crippen LogP contribution >= 0.6 is 0 Å². The van der Waals surface area contributed by atoms with Crippen molar-refractivity contribution in [3.63, 3.8) is 0 Å². The van der Waals surface area contributed by atoms with Gasteiger partial charge < -0.3 is 10.6 Å². The van der Waals surface area contributed by atoms with E-state index in [1.165, 1.54) is 38.8 Å². The second kappa shape index (κ2) is 4.81. The van der Waals surface area contributed by atoms with Crippen LogP contribution in [0.1, 0.15) is 25.7 Å². The highest BCUT2D eigenvalue weighted by Crippen LogP contribution is 2.33. The van der Waals surface area contributed by atoms with E-state index in [9.17, 15) is 0 Å². The van der Waals surface area contributed by atoms with Crippen LogP contribution < -0.4 is 5.73 Å². The van der Waals surface area contributed by atoms with Gasteiger partial charge in [0.1, 0.15) is 0 Å². The Morgan fingerprint density at radius 1 is 1.13 bits per heavy atom. The number of likely N-dealkylation sites (tertiary alicyclic amines) is 1. The molecule has 0 amide bonds. The maximum Gasteiger partial charge on any atom is 0.0136 e. The molecule has 0 bridgehead atoms. The van der Waals surface area contributed by atoms with Crippen molar-refractivity contribution in [1.82, 2.24) is 9.80 Å². The molecule has 3 nitrogen and oxygen atoms in total. The van der Waals surface area contributed by atoms with E-state index in [-0.39, 0.29) is 0 Å². The van der Waals surface area contributed by atoms with Gasteiger partial charge in [-0.2, -0.15) is 0 Å². The van der Waals surface area contributed by atoms with Crippen LogP contribution in [-0.4, -0.2) is 55.6 Å². The zero-order valence-corrected chi connectivity index (χ0v) is 10.2. The van der Waals surface area contributed by atoms with Crippen LogP contribution in [0.3, 0.4) is 0 Å². The molecule has 1 aliphatic carbocycles. The van der Waals surface area contributed by atoms with Gasteiger partial charge in [-0.1, -0.05) is 0 Å². The fourth-order valence-electron chi connectivity index (χ4n) is 3.04. The first kappa shape index (κ1) is 11.4. The fourth-order valence-corrected chi connectivity index (χ4v) is 3.04. The Morgan fingerprint density at radius 3 is 2.20 bits per heavy atom. The van der Waals surface area contributed by atoms with E-state index >= 15 is 0 Å². The van der Waals surface area contributed by atoms with E-state index in [0.29, 0.717) is 0 Å². The Hall–Kier alpha value is -0.120. The predicted molar refractivity (Wildman–Crippen MR) is 63.8 cm³/mol. The van der Waals surface area contributed by atoms with Gasteiger partial charge in [-0.15, -0.1) is 0 Å². The van der Waals surface area contributed by atoms with E-state index in [0.717, 1.165) is 24.5 Å². The lowest BCUT2D eigenvalue weighted by atomic mass is 9.77. The van der Waals surface area contributed by atoms with Gasteiger partial charge in [0.05, 0.1) is 0 Å². The Morgan fingerprint density at radius 2 is 1.80 bits per heavy atom. The van der Waals surface area contributed by atoms with Gasteiger partial charge in [0.2, 0.25) is 0 Å². The summed E-state index contributed by atoms with van der Waals surface area (Å²) in [5.41, 5.74) is 5.77. The van der Waals surface area contributed by atoms with Gasteiger partial charge in [0, 0.05) is 12.1 Å². The summed E-state index contributed by atoms with van der Waals surface area (Å²) < 4.78 is 0. The van der Waals surface area contributed by atoms with Crippen molar-refractivity contribution in [3.8, 4) is 0 Å². The van der Waals surface area contributed by atoms with E-state index in [2.05, 4.69) is 23.9 Å². The van der Waals surface area contributed by atoms with E-state index < -0.39 is 0 Å². The van der Waals surface area contributed by atoms with Crippen LogP contribution in [0.5, 0.6) is 0 Å². The standard InChI is InChI=1S/C12H25N3/c1-14(2)11-5-7-15(8-6-11)12-4-3-10(12)9-13/h10-12H,3-9,13H2,1-2H3. The molecule has 0 spiro atoms. The summed E-state index contributed by atoms with van der Waals surface area (Å²) in [5, 5.41) is 0. The van der Waals surface area contributed by atoms with Crippen molar-refractivity contribution >= 4 is 0 Å². The first-order chi connectivity index (χ1) is 7.22. The van der Waals surface area contributed by atoms with Crippen molar-refractivity contribution in [2.24, 2.45) is 11.7 Å². The third kappa shape index (κ3) is 2.35. The second-order valence-corrected chi connectivity index (χ2v) is 5.37. The monoisotopic (exact) mass is 211 g/mol. The highest BCUT2D eigenvalue weighted by molar-refractivity contribution is 4.92. The molecule has 2 N–H and O–H groups in total. The molecule has 1 aliphatic heterocycles. The maximum atomic E-state index is 5.77. The summed E-state index contributed by atoms with van der Waals surface area (Å²) in [6.45, 7) is 3.45. The van der Waals surface area contributed by atoms with Crippen molar-refractivity contribution in [1.29, 1.82) is 0 Å². The smallest absolute Gasteiger partial charge is 0.0136 e. The highest BCUT2D eigenvalue weighted by atomic mass is 15.2. The minimum atomic E-state index is 0.793. The van der Waals surface area contributed by atoms with Crippen LogP contribution in [0.25, 0.3) is 0 Å². The van der Waals surface area contributed by atoms with Crippen LogP contribution in [0.2, 0.25) is 0 Å². The molecule has 2 atom stereocenters. The molecule has 2 rings (SSSR count). The number of nitrogens with zero attached hydrogens (tertiary/aromatic N) is 2. The Balaban J connectivity index is 1.78. The minimum absolute atomic E-state index is 0.793. The fraction of sp³-hybridized carbons (Fsp3) is 1.00. The van der Waals surface area contributed by atoms with E-state index in [4.69, 9.17) is 5.73 Å². The average Bonchev–Trinajstić information content (AvgIpc) is 2.17. The van der Waals surface area contributed by atoms with Crippen LogP contribution in [0, 0.1) is 5.92 Å². The van der Waals surface area contributed by atoms with E-state index in [1.807, 2.05) is 0 Å². The molecule has 0 aromatic heterocycles.